The van der Waals surface area contributed by atoms with Crippen LogP contribution >= 0.6 is 34.5 Å². The molecule has 1 heterocycles. The molecule has 0 spiro atoms. The molecule has 0 aliphatic carbocycles. The van der Waals surface area contributed by atoms with Gasteiger partial charge < -0.3 is 0 Å². The normalized spacial score (nSPS) is 11.9. The largest absolute Gasteiger partial charge is 0.206 e. The molecule has 2 rings (SSSR count). The van der Waals surface area contributed by atoms with Gasteiger partial charge in [-0.3, -0.25) is 0 Å². The zero-order valence-electron chi connectivity index (χ0n) is 8.95. The van der Waals surface area contributed by atoms with E-state index in [1.165, 1.54) is 29.5 Å². The summed E-state index contributed by atoms with van der Waals surface area (Å²) in [5, 5.41) is 11.3. The van der Waals surface area contributed by atoms with Crippen molar-refractivity contribution in [3.05, 3.63) is 57.0 Å². The minimum absolute atomic E-state index is 0.0918. The van der Waals surface area contributed by atoms with Gasteiger partial charge in [-0.25, -0.2) is 4.39 Å². The third kappa shape index (κ3) is 2.56. The first kappa shape index (κ1) is 13.1. The molecule has 0 aliphatic rings. The highest BCUT2D eigenvalue weighted by Gasteiger charge is 2.14. The van der Waals surface area contributed by atoms with E-state index in [1.807, 2.05) is 11.4 Å². The SMILES string of the molecule is N#CC(=C(Cl)c1ccc(Cl)cc1F)c1cccs1. The van der Waals surface area contributed by atoms with E-state index in [1.54, 1.807) is 12.1 Å². The summed E-state index contributed by atoms with van der Waals surface area (Å²) in [4.78, 5) is 0.705. The molecule has 0 aliphatic heterocycles. The highest BCUT2D eigenvalue weighted by Crippen LogP contribution is 2.33. The van der Waals surface area contributed by atoms with E-state index in [4.69, 9.17) is 28.5 Å². The summed E-state index contributed by atoms with van der Waals surface area (Å²) in [5.41, 5.74) is 0.430. The Labute approximate surface area is 118 Å². The lowest BCUT2D eigenvalue weighted by atomic mass is 10.1. The Morgan fingerprint density at radius 2 is 2.11 bits per heavy atom. The third-order valence-corrected chi connectivity index (χ3v) is 3.78. The lowest BCUT2D eigenvalue weighted by Crippen LogP contribution is -1.88. The van der Waals surface area contributed by atoms with Crippen molar-refractivity contribution in [2.45, 2.75) is 0 Å². The molecule has 1 aromatic heterocycles. The molecule has 0 saturated carbocycles. The van der Waals surface area contributed by atoms with Crippen molar-refractivity contribution in [3.63, 3.8) is 0 Å². The van der Waals surface area contributed by atoms with Gasteiger partial charge >= 0.3 is 0 Å². The van der Waals surface area contributed by atoms with Crippen LogP contribution in [0.5, 0.6) is 0 Å². The Morgan fingerprint density at radius 3 is 2.67 bits per heavy atom. The number of benzene rings is 1. The van der Waals surface area contributed by atoms with E-state index >= 15 is 0 Å². The van der Waals surface area contributed by atoms with Crippen LogP contribution in [0, 0.1) is 17.1 Å². The van der Waals surface area contributed by atoms with Gasteiger partial charge in [-0.05, 0) is 29.6 Å². The van der Waals surface area contributed by atoms with Gasteiger partial charge in [0, 0.05) is 15.5 Å². The van der Waals surface area contributed by atoms with Crippen LogP contribution in [0.2, 0.25) is 5.02 Å². The maximum absolute atomic E-state index is 13.7. The molecule has 0 amide bonds. The van der Waals surface area contributed by atoms with E-state index in [-0.39, 0.29) is 21.2 Å². The van der Waals surface area contributed by atoms with Gasteiger partial charge in [0.25, 0.3) is 0 Å². The minimum atomic E-state index is -0.545. The zero-order chi connectivity index (χ0) is 13.1. The maximum atomic E-state index is 13.7. The average molecular weight is 298 g/mol. The Morgan fingerprint density at radius 1 is 1.33 bits per heavy atom. The number of hydrogen-bond donors (Lipinski definition) is 0. The first-order valence-electron chi connectivity index (χ1n) is 4.92. The lowest BCUT2D eigenvalue weighted by molar-refractivity contribution is 0.625. The first-order valence-corrected chi connectivity index (χ1v) is 6.56. The molecule has 0 saturated heterocycles. The highest BCUT2D eigenvalue weighted by atomic mass is 35.5. The highest BCUT2D eigenvalue weighted by molar-refractivity contribution is 7.11. The van der Waals surface area contributed by atoms with Gasteiger partial charge in [0.05, 0.1) is 10.6 Å². The molecule has 0 bridgehead atoms. The van der Waals surface area contributed by atoms with Crippen LogP contribution in [0.4, 0.5) is 4.39 Å². The molecule has 0 N–H and O–H groups in total. The fourth-order valence-electron chi connectivity index (χ4n) is 1.44. The van der Waals surface area contributed by atoms with E-state index in [2.05, 4.69) is 0 Å². The van der Waals surface area contributed by atoms with Crippen molar-refractivity contribution < 1.29 is 4.39 Å². The Hall–Kier alpha value is -1.34. The third-order valence-electron chi connectivity index (χ3n) is 2.27. The summed E-state index contributed by atoms with van der Waals surface area (Å²) in [6.07, 6.45) is 0. The fourth-order valence-corrected chi connectivity index (χ4v) is 2.67. The predicted molar refractivity (Wildman–Crippen MR) is 74.0 cm³/mol. The Kier molecular flexibility index (Phi) is 4.03. The molecule has 5 heteroatoms. The zero-order valence-corrected chi connectivity index (χ0v) is 11.3. The Bertz CT molecular complexity index is 642. The molecular weight excluding hydrogens is 292 g/mol. The molecule has 1 nitrogen and oxygen atoms in total. The van der Waals surface area contributed by atoms with Gasteiger partial charge in [-0.1, -0.05) is 29.3 Å². The number of allylic oxidation sites excluding steroid dienone is 1. The number of nitriles is 1. The molecule has 0 fully saturated rings. The van der Waals surface area contributed by atoms with Gasteiger partial charge in [0.15, 0.2) is 0 Å². The second-order valence-electron chi connectivity index (χ2n) is 3.40. The number of hydrogen-bond acceptors (Lipinski definition) is 2. The summed E-state index contributed by atoms with van der Waals surface area (Å²) in [7, 11) is 0. The summed E-state index contributed by atoms with van der Waals surface area (Å²) < 4.78 is 13.7. The lowest BCUT2D eigenvalue weighted by Gasteiger charge is -2.04. The van der Waals surface area contributed by atoms with Gasteiger partial charge in [0.1, 0.15) is 11.9 Å². The topological polar surface area (TPSA) is 23.8 Å². The Balaban J connectivity index is 2.58. The number of rotatable bonds is 2. The van der Waals surface area contributed by atoms with Gasteiger partial charge in [-0.2, -0.15) is 5.26 Å². The summed E-state index contributed by atoms with van der Waals surface area (Å²) in [5.74, 6) is -0.545. The van der Waals surface area contributed by atoms with Crippen molar-refractivity contribution in [3.8, 4) is 6.07 Å². The molecule has 1 aromatic carbocycles. The summed E-state index contributed by atoms with van der Waals surface area (Å²) >= 11 is 13.1. The second kappa shape index (κ2) is 5.53. The predicted octanol–water partition coefficient (Wildman–Crippen LogP) is 5.17. The standard InChI is InChI=1S/C13H6Cl2FNS/c14-8-3-4-9(11(16)6-8)13(15)10(7-17)12-2-1-5-18-12/h1-6H. The van der Waals surface area contributed by atoms with Crippen LogP contribution in [-0.2, 0) is 0 Å². The molecule has 0 unspecified atom stereocenters. The van der Waals surface area contributed by atoms with E-state index in [0.29, 0.717) is 4.88 Å². The smallest absolute Gasteiger partial charge is 0.133 e. The van der Waals surface area contributed by atoms with Crippen LogP contribution in [-0.4, -0.2) is 0 Å². The monoisotopic (exact) mass is 297 g/mol. The van der Waals surface area contributed by atoms with Crippen LogP contribution in [0.15, 0.2) is 35.7 Å². The van der Waals surface area contributed by atoms with Crippen molar-refractivity contribution in [2.75, 3.05) is 0 Å². The maximum Gasteiger partial charge on any atom is 0.133 e. The summed E-state index contributed by atoms with van der Waals surface area (Å²) in [6.45, 7) is 0. The van der Waals surface area contributed by atoms with Crippen LogP contribution in [0.1, 0.15) is 10.4 Å². The van der Waals surface area contributed by atoms with Crippen LogP contribution < -0.4 is 0 Å². The molecule has 90 valence electrons. The average Bonchev–Trinajstić information content (AvgIpc) is 2.83. The van der Waals surface area contributed by atoms with E-state index < -0.39 is 5.82 Å². The minimum Gasteiger partial charge on any atom is -0.206 e. The van der Waals surface area contributed by atoms with Crippen molar-refractivity contribution in [1.29, 1.82) is 5.26 Å². The van der Waals surface area contributed by atoms with Crippen molar-refractivity contribution in [1.82, 2.24) is 0 Å². The van der Waals surface area contributed by atoms with Crippen molar-refractivity contribution in [2.24, 2.45) is 0 Å². The molecular formula is C13H6Cl2FNS. The van der Waals surface area contributed by atoms with Crippen LogP contribution in [0.3, 0.4) is 0 Å². The van der Waals surface area contributed by atoms with Gasteiger partial charge in [-0.15, -0.1) is 11.3 Å². The molecule has 2 aromatic rings. The fraction of sp³-hybridized carbons (Fsp3) is 0. The number of nitrogens with zero attached hydrogens (tertiary/aromatic N) is 1. The van der Waals surface area contributed by atoms with E-state index in [0.717, 1.165) is 0 Å². The quantitative estimate of drug-likeness (QED) is 0.701. The van der Waals surface area contributed by atoms with Crippen LogP contribution in [0.25, 0.3) is 10.6 Å². The van der Waals surface area contributed by atoms with E-state index in [9.17, 15) is 4.39 Å². The van der Waals surface area contributed by atoms with Crippen molar-refractivity contribution >= 4 is 45.1 Å². The second-order valence-corrected chi connectivity index (χ2v) is 5.16. The number of thiophene rings is 1. The molecule has 0 radical (unpaired) electrons. The summed E-state index contributed by atoms with van der Waals surface area (Å²) in [6, 6.07) is 9.74. The van der Waals surface area contributed by atoms with Gasteiger partial charge in [0.2, 0.25) is 0 Å². The number of halogens is 3. The molecule has 0 atom stereocenters. The molecule has 18 heavy (non-hydrogen) atoms. The first-order chi connectivity index (χ1) is 8.63.